The van der Waals surface area contributed by atoms with Crippen LogP contribution in [0.3, 0.4) is 0 Å². The van der Waals surface area contributed by atoms with Crippen LogP contribution in [-0.2, 0) is 19.5 Å². The smallest absolute Gasteiger partial charge is 0.338 e. The molecule has 0 unspecified atom stereocenters. The predicted molar refractivity (Wildman–Crippen MR) is 107 cm³/mol. The third kappa shape index (κ3) is 4.86. The summed E-state index contributed by atoms with van der Waals surface area (Å²) < 4.78 is 37.5. The van der Waals surface area contributed by atoms with Crippen molar-refractivity contribution in [3.63, 3.8) is 0 Å². The van der Waals surface area contributed by atoms with Crippen LogP contribution in [-0.4, -0.2) is 51.6 Å². The molecule has 0 radical (unpaired) electrons. The summed E-state index contributed by atoms with van der Waals surface area (Å²) in [6.45, 7) is 3.21. The summed E-state index contributed by atoms with van der Waals surface area (Å²) in [6, 6.07) is 14.2. The van der Waals surface area contributed by atoms with E-state index in [2.05, 4.69) is 0 Å². The summed E-state index contributed by atoms with van der Waals surface area (Å²) in [5, 5.41) is 0. The second kappa shape index (κ2) is 9.14. The Bertz CT molecular complexity index is 948. The maximum absolute atomic E-state index is 12.8. The topological polar surface area (TPSA) is 72.9 Å². The van der Waals surface area contributed by atoms with Gasteiger partial charge in [0.1, 0.15) is 6.61 Å². The normalized spacial score (nSPS) is 15.6. The molecule has 1 aliphatic rings. The maximum atomic E-state index is 12.8. The summed E-state index contributed by atoms with van der Waals surface area (Å²) >= 11 is 0. The lowest BCUT2D eigenvalue weighted by Crippen LogP contribution is -2.40. The van der Waals surface area contributed by atoms with Gasteiger partial charge in [0.2, 0.25) is 10.0 Å². The second-order valence-corrected chi connectivity index (χ2v) is 8.34. The number of rotatable bonds is 6. The van der Waals surface area contributed by atoms with E-state index in [0.717, 1.165) is 5.56 Å². The standard InChI is InChI=1S/C21H23NO5S/c1-17-9-10-19(28(24,25)22-11-14-26-15-12-22)16-20(17)21(23)27-13-5-8-18-6-3-2-4-7-18/h2-10,16H,11-15H2,1H3/b8-5+. The number of sulfonamides is 1. The van der Waals surface area contributed by atoms with Crippen molar-refractivity contribution in [1.29, 1.82) is 0 Å². The number of benzene rings is 2. The molecule has 0 aliphatic carbocycles. The van der Waals surface area contributed by atoms with Crippen molar-refractivity contribution >= 4 is 22.1 Å². The van der Waals surface area contributed by atoms with Crippen molar-refractivity contribution in [3.05, 3.63) is 71.3 Å². The number of nitrogens with zero attached hydrogens (tertiary/aromatic N) is 1. The van der Waals surface area contributed by atoms with E-state index in [4.69, 9.17) is 9.47 Å². The molecule has 2 aromatic rings. The summed E-state index contributed by atoms with van der Waals surface area (Å²) in [5.74, 6) is -0.547. The van der Waals surface area contributed by atoms with Crippen molar-refractivity contribution in [2.24, 2.45) is 0 Å². The van der Waals surface area contributed by atoms with E-state index in [9.17, 15) is 13.2 Å². The predicted octanol–water partition coefficient (Wildman–Crippen LogP) is 2.89. The molecular formula is C21H23NO5S. The molecule has 28 heavy (non-hydrogen) atoms. The lowest BCUT2D eigenvalue weighted by Gasteiger charge is -2.26. The molecule has 148 valence electrons. The SMILES string of the molecule is Cc1ccc(S(=O)(=O)N2CCOCC2)cc1C(=O)OC/C=C/c1ccccc1. The molecule has 0 spiro atoms. The van der Waals surface area contributed by atoms with Crippen LogP contribution in [0.25, 0.3) is 6.08 Å². The number of morpholine rings is 1. The molecule has 1 fully saturated rings. The van der Waals surface area contributed by atoms with Crippen molar-refractivity contribution in [2.45, 2.75) is 11.8 Å². The highest BCUT2D eigenvalue weighted by atomic mass is 32.2. The third-order valence-electron chi connectivity index (χ3n) is 4.46. The highest BCUT2D eigenvalue weighted by molar-refractivity contribution is 7.89. The minimum atomic E-state index is -3.66. The Morgan fingerprint density at radius 3 is 2.57 bits per heavy atom. The van der Waals surface area contributed by atoms with Gasteiger partial charge in [0.05, 0.1) is 23.7 Å². The van der Waals surface area contributed by atoms with Crippen molar-refractivity contribution < 1.29 is 22.7 Å². The fourth-order valence-electron chi connectivity index (χ4n) is 2.87. The molecule has 0 aromatic heterocycles. The molecule has 1 saturated heterocycles. The lowest BCUT2D eigenvalue weighted by atomic mass is 10.1. The third-order valence-corrected chi connectivity index (χ3v) is 6.35. The van der Waals surface area contributed by atoms with E-state index in [0.29, 0.717) is 31.9 Å². The summed E-state index contributed by atoms with van der Waals surface area (Å²) in [7, 11) is -3.66. The number of hydrogen-bond donors (Lipinski definition) is 0. The highest BCUT2D eigenvalue weighted by Crippen LogP contribution is 2.21. The fraction of sp³-hybridized carbons (Fsp3) is 0.286. The molecule has 0 bridgehead atoms. The zero-order valence-electron chi connectivity index (χ0n) is 15.7. The molecule has 3 rings (SSSR count). The van der Waals surface area contributed by atoms with Gasteiger partial charge in [-0.05, 0) is 36.3 Å². The molecule has 1 heterocycles. The molecule has 6 nitrogen and oxygen atoms in total. The van der Waals surface area contributed by atoms with E-state index < -0.39 is 16.0 Å². The first kappa shape index (κ1) is 20.3. The summed E-state index contributed by atoms with van der Waals surface area (Å²) in [4.78, 5) is 12.5. The average Bonchev–Trinajstić information content (AvgIpc) is 2.72. The van der Waals surface area contributed by atoms with Gasteiger partial charge in [0.25, 0.3) is 0 Å². The summed E-state index contributed by atoms with van der Waals surface area (Å²) in [5.41, 5.74) is 1.92. The van der Waals surface area contributed by atoms with Gasteiger partial charge in [0.15, 0.2) is 0 Å². The van der Waals surface area contributed by atoms with E-state index in [1.807, 2.05) is 36.4 Å². The van der Waals surface area contributed by atoms with Crippen LogP contribution in [0.2, 0.25) is 0 Å². The van der Waals surface area contributed by atoms with Crippen molar-refractivity contribution in [2.75, 3.05) is 32.9 Å². The van der Waals surface area contributed by atoms with Gasteiger partial charge >= 0.3 is 5.97 Å². The van der Waals surface area contributed by atoms with Crippen LogP contribution in [0, 0.1) is 6.92 Å². The first-order valence-corrected chi connectivity index (χ1v) is 10.5. The quantitative estimate of drug-likeness (QED) is 0.696. The van der Waals surface area contributed by atoms with Crippen LogP contribution in [0.15, 0.2) is 59.5 Å². The van der Waals surface area contributed by atoms with Crippen molar-refractivity contribution in [3.8, 4) is 0 Å². The molecule has 0 N–H and O–H groups in total. The van der Waals surface area contributed by atoms with Gasteiger partial charge in [-0.15, -0.1) is 0 Å². The number of carbonyl (C=O) groups excluding carboxylic acids is 1. The van der Waals surface area contributed by atoms with Crippen LogP contribution in [0.1, 0.15) is 21.5 Å². The Balaban J connectivity index is 1.70. The fourth-order valence-corrected chi connectivity index (χ4v) is 4.30. The zero-order valence-corrected chi connectivity index (χ0v) is 16.5. The number of esters is 1. The van der Waals surface area contributed by atoms with Gasteiger partial charge in [-0.2, -0.15) is 4.31 Å². The Morgan fingerprint density at radius 1 is 1.14 bits per heavy atom. The molecule has 2 aromatic carbocycles. The van der Waals surface area contributed by atoms with Crippen LogP contribution in [0.4, 0.5) is 0 Å². The Morgan fingerprint density at radius 2 is 1.86 bits per heavy atom. The largest absolute Gasteiger partial charge is 0.458 e. The molecule has 1 aliphatic heterocycles. The van der Waals surface area contributed by atoms with Gasteiger partial charge in [-0.1, -0.05) is 42.5 Å². The lowest BCUT2D eigenvalue weighted by molar-refractivity contribution is 0.0549. The van der Waals surface area contributed by atoms with Crippen LogP contribution >= 0.6 is 0 Å². The summed E-state index contributed by atoms with van der Waals surface area (Å²) in [6.07, 6.45) is 3.61. The van der Waals surface area contributed by atoms with Crippen LogP contribution in [0.5, 0.6) is 0 Å². The molecule has 0 amide bonds. The minimum absolute atomic E-state index is 0.0896. The number of hydrogen-bond acceptors (Lipinski definition) is 5. The van der Waals surface area contributed by atoms with Crippen LogP contribution < -0.4 is 0 Å². The van der Waals surface area contributed by atoms with Gasteiger partial charge in [0, 0.05) is 13.1 Å². The zero-order chi connectivity index (χ0) is 20.0. The number of ether oxygens (including phenoxy) is 2. The Kier molecular flexibility index (Phi) is 6.61. The Hall–Kier alpha value is -2.48. The number of carbonyl (C=O) groups is 1. The second-order valence-electron chi connectivity index (χ2n) is 6.40. The number of aryl methyl sites for hydroxylation is 1. The van der Waals surface area contributed by atoms with Gasteiger partial charge < -0.3 is 9.47 Å². The first-order chi connectivity index (χ1) is 13.5. The van der Waals surface area contributed by atoms with E-state index >= 15 is 0 Å². The Labute approximate surface area is 165 Å². The van der Waals surface area contributed by atoms with E-state index in [1.54, 1.807) is 19.1 Å². The monoisotopic (exact) mass is 401 g/mol. The minimum Gasteiger partial charge on any atom is -0.458 e. The van der Waals surface area contributed by atoms with E-state index in [1.165, 1.54) is 16.4 Å². The van der Waals surface area contributed by atoms with Crippen molar-refractivity contribution in [1.82, 2.24) is 4.31 Å². The maximum Gasteiger partial charge on any atom is 0.338 e. The van der Waals surface area contributed by atoms with Gasteiger partial charge in [-0.3, -0.25) is 0 Å². The molecule has 0 saturated carbocycles. The molecule has 7 heteroatoms. The molecule has 0 atom stereocenters. The molecular weight excluding hydrogens is 378 g/mol. The van der Waals surface area contributed by atoms with Gasteiger partial charge in [-0.25, -0.2) is 13.2 Å². The average molecular weight is 401 g/mol. The van der Waals surface area contributed by atoms with E-state index in [-0.39, 0.29) is 17.1 Å². The highest BCUT2D eigenvalue weighted by Gasteiger charge is 2.27. The first-order valence-electron chi connectivity index (χ1n) is 9.06.